The van der Waals surface area contributed by atoms with Gasteiger partial charge in [-0.1, -0.05) is 115 Å². The Morgan fingerprint density at radius 3 is 2.02 bits per heavy atom. The molecule has 4 heterocycles. The van der Waals surface area contributed by atoms with E-state index in [1.165, 1.54) is 15.6 Å². The average molecular weight is 702 g/mol. The van der Waals surface area contributed by atoms with E-state index in [0.717, 1.165) is 55.6 Å². The van der Waals surface area contributed by atoms with Crippen LogP contribution in [-0.2, 0) is 0 Å². The Bertz CT molecular complexity index is 2750. The van der Waals surface area contributed by atoms with Crippen molar-refractivity contribution in [1.29, 1.82) is 0 Å². The van der Waals surface area contributed by atoms with Crippen molar-refractivity contribution < 1.29 is 9.13 Å². The summed E-state index contributed by atoms with van der Waals surface area (Å²) in [5.41, 5.74) is 5.49. The quantitative estimate of drug-likeness (QED) is 0.163. The Labute approximate surface area is 307 Å². The van der Waals surface area contributed by atoms with E-state index in [1.54, 1.807) is 6.20 Å². The first-order valence-corrected chi connectivity index (χ1v) is 19.8. The number of para-hydroxylation sites is 1. The molecule has 0 aliphatic carbocycles. The number of hydrogen-bond acceptors (Lipinski definition) is 3. The zero-order valence-corrected chi connectivity index (χ0v) is 29.6. The summed E-state index contributed by atoms with van der Waals surface area (Å²) in [6, 6.07) is 59.9. The summed E-state index contributed by atoms with van der Waals surface area (Å²) < 4.78 is 25.9. The Kier molecular flexibility index (Phi) is 7.37. The first kappa shape index (κ1) is 31.1. The van der Waals surface area contributed by atoms with Crippen LogP contribution in [0, 0.1) is 0 Å². The monoisotopic (exact) mass is 701 g/mol. The van der Waals surface area contributed by atoms with Gasteiger partial charge in [0.05, 0.1) is 11.2 Å². The normalized spacial score (nSPS) is 13.6. The Balaban J connectivity index is 1.26. The lowest BCUT2D eigenvalue weighted by Gasteiger charge is -2.40. The van der Waals surface area contributed by atoms with Crippen LogP contribution in [-0.4, -0.2) is 22.6 Å². The maximum absolute atomic E-state index is 16.8. The van der Waals surface area contributed by atoms with Gasteiger partial charge in [0, 0.05) is 39.6 Å². The third-order valence-corrected chi connectivity index (χ3v) is 15.4. The fraction of sp³-hybridized carbons (Fsp3) is 0.0213. The molecule has 0 bridgehead atoms. The van der Waals surface area contributed by atoms with Crippen LogP contribution in [0.15, 0.2) is 188 Å². The van der Waals surface area contributed by atoms with Crippen molar-refractivity contribution >= 4 is 50.8 Å². The summed E-state index contributed by atoms with van der Waals surface area (Å²) in [7, 11) is -3.05. The lowest BCUT2D eigenvalue weighted by Crippen LogP contribution is -2.76. The zero-order valence-electron chi connectivity index (χ0n) is 28.6. The molecule has 53 heavy (non-hydrogen) atoms. The van der Waals surface area contributed by atoms with Gasteiger partial charge in [-0.05, 0) is 87.4 Å². The number of benzene rings is 6. The second-order valence-electron chi connectivity index (χ2n) is 13.4. The highest BCUT2D eigenvalue weighted by Crippen LogP contribution is 2.39. The summed E-state index contributed by atoms with van der Waals surface area (Å²) >= 11 is 0. The standard InChI is InChI=1S/C47H32FN3OSi/c48-44(33-15-11-14-32(30-33)40-23-9-10-28-49-40)34-16-12-17-35(31-34)51-45-38(39-22-13-29-50-47(39)51)26-27-42-46(45)53(36-18-3-1-4-19-36,37-20-5-2-6-21-37)43-25-8-7-24-41(43)52-42/h1-31,44H. The van der Waals surface area contributed by atoms with Crippen molar-refractivity contribution in [2.45, 2.75) is 6.17 Å². The van der Waals surface area contributed by atoms with E-state index in [2.05, 4.69) is 113 Å². The molecule has 6 heteroatoms. The van der Waals surface area contributed by atoms with E-state index >= 15 is 4.39 Å². The molecule has 1 aliphatic rings. The summed E-state index contributed by atoms with van der Waals surface area (Å²) in [6.45, 7) is 0. The molecule has 4 nitrogen and oxygen atoms in total. The lowest BCUT2D eigenvalue weighted by molar-refractivity contribution is 0.402. The van der Waals surface area contributed by atoms with Gasteiger partial charge in [-0.25, -0.2) is 9.37 Å². The van der Waals surface area contributed by atoms with Crippen molar-refractivity contribution in [1.82, 2.24) is 14.5 Å². The summed E-state index contributed by atoms with van der Waals surface area (Å²) in [6.07, 6.45) is 2.24. The van der Waals surface area contributed by atoms with Crippen LogP contribution in [0.2, 0.25) is 0 Å². The summed E-state index contributed by atoms with van der Waals surface area (Å²) in [5, 5.41) is 6.95. The molecule has 0 amide bonds. The third kappa shape index (κ3) is 4.87. The topological polar surface area (TPSA) is 39.9 Å². The largest absolute Gasteiger partial charge is 0.457 e. The fourth-order valence-corrected chi connectivity index (χ4v) is 13.4. The van der Waals surface area contributed by atoms with Crippen LogP contribution < -0.4 is 25.5 Å². The molecule has 1 atom stereocenters. The van der Waals surface area contributed by atoms with Gasteiger partial charge in [0.25, 0.3) is 0 Å². The number of nitrogens with zero attached hydrogens (tertiary/aromatic N) is 3. The van der Waals surface area contributed by atoms with Crippen LogP contribution in [0.3, 0.4) is 0 Å². The molecular weight excluding hydrogens is 670 g/mol. The predicted molar refractivity (Wildman–Crippen MR) is 215 cm³/mol. The minimum absolute atomic E-state index is 0.563. The van der Waals surface area contributed by atoms with E-state index in [9.17, 15) is 0 Å². The van der Waals surface area contributed by atoms with E-state index in [0.29, 0.717) is 11.1 Å². The van der Waals surface area contributed by atoms with Gasteiger partial charge in [-0.15, -0.1) is 0 Å². The van der Waals surface area contributed by atoms with Gasteiger partial charge in [0.15, 0.2) is 14.2 Å². The molecule has 0 spiro atoms. The van der Waals surface area contributed by atoms with Gasteiger partial charge in [-0.2, -0.15) is 0 Å². The Morgan fingerprint density at radius 2 is 1.25 bits per heavy atom. The Hall–Kier alpha value is -6.63. The van der Waals surface area contributed by atoms with Crippen molar-refractivity contribution in [2.24, 2.45) is 0 Å². The van der Waals surface area contributed by atoms with E-state index < -0.39 is 14.2 Å². The predicted octanol–water partition coefficient (Wildman–Crippen LogP) is 8.78. The molecule has 1 unspecified atom stereocenters. The molecule has 0 radical (unpaired) electrons. The van der Waals surface area contributed by atoms with E-state index in [4.69, 9.17) is 9.72 Å². The number of ether oxygens (including phenoxy) is 1. The molecule has 0 N–H and O–H groups in total. The number of halogens is 1. The number of pyridine rings is 2. The first-order valence-electron chi connectivity index (χ1n) is 17.8. The van der Waals surface area contributed by atoms with Crippen LogP contribution in [0.25, 0.3) is 38.9 Å². The second-order valence-corrected chi connectivity index (χ2v) is 17.1. The molecule has 3 aromatic heterocycles. The first-order chi connectivity index (χ1) is 26.2. The molecule has 6 aromatic carbocycles. The Morgan fingerprint density at radius 1 is 0.547 bits per heavy atom. The van der Waals surface area contributed by atoms with Crippen LogP contribution in [0.5, 0.6) is 11.5 Å². The zero-order chi connectivity index (χ0) is 35.4. The maximum atomic E-state index is 16.8. The maximum Gasteiger partial charge on any atom is 0.191 e. The highest BCUT2D eigenvalue weighted by atomic mass is 28.3. The number of alkyl halides is 1. The van der Waals surface area contributed by atoms with Crippen molar-refractivity contribution in [3.63, 3.8) is 0 Å². The van der Waals surface area contributed by atoms with Gasteiger partial charge < -0.3 is 4.74 Å². The van der Waals surface area contributed by atoms with Gasteiger partial charge in [0.1, 0.15) is 17.1 Å². The number of fused-ring (bicyclic) bond motifs is 6. The molecule has 10 rings (SSSR count). The van der Waals surface area contributed by atoms with E-state index in [-0.39, 0.29) is 0 Å². The molecule has 0 fully saturated rings. The SMILES string of the molecule is FC(c1cccc(-c2ccccn2)c1)c1cccc(-n2c3ncccc3c3ccc4c(c32)[Si](c2ccccc2)(c2ccccc2)c2ccccc2O4)c1. The average Bonchev–Trinajstić information content (AvgIpc) is 3.58. The molecule has 9 aromatic rings. The minimum Gasteiger partial charge on any atom is -0.457 e. The van der Waals surface area contributed by atoms with Crippen LogP contribution in [0.4, 0.5) is 4.39 Å². The minimum atomic E-state index is -3.05. The van der Waals surface area contributed by atoms with Crippen molar-refractivity contribution in [2.75, 3.05) is 0 Å². The highest BCUT2D eigenvalue weighted by molar-refractivity contribution is 7.21. The second kappa shape index (κ2) is 12.5. The number of hydrogen-bond donors (Lipinski definition) is 0. The third-order valence-electron chi connectivity index (χ3n) is 10.5. The van der Waals surface area contributed by atoms with Crippen LogP contribution in [0.1, 0.15) is 17.3 Å². The van der Waals surface area contributed by atoms with Crippen molar-refractivity contribution in [3.05, 3.63) is 199 Å². The van der Waals surface area contributed by atoms with Gasteiger partial charge in [0.2, 0.25) is 0 Å². The van der Waals surface area contributed by atoms with Crippen molar-refractivity contribution in [3.8, 4) is 28.4 Å². The lowest BCUT2D eigenvalue weighted by atomic mass is 9.99. The molecule has 0 saturated carbocycles. The summed E-state index contributed by atoms with van der Waals surface area (Å²) in [4.78, 5) is 9.49. The van der Waals surface area contributed by atoms with Gasteiger partial charge >= 0.3 is 0 Å². The smallest absolute Gasteiger partial charge is 0.191 e. The number of aromatic nitrogens is 3. The highest BCUT2D eigenvalue weighted by Gasteiger charge is 2.50. The summed E-state index contributed by atoms with van der Waals surface area (Å²) in [5.74, 6) is 1.69. The molecular formula is C47H32FN3OSi. The fourth-order valence-electron chi connectivity index (χ4n) is 8.28. The molecule has 0 saturated heterocycles. The molecule has 1 aliphatic heterocycles. The van der Waals surface area contributed by atoms with E-state index in [1.807, 2.05) is 79.0 Å². The number of rotatable bonds is 6. The van der Waals surface area contributed by atoms with Crippen LogP contribution >= 0.6 is 0 Å². The van der Waals surface area contributed by atoms with Gasteiger partial charge in [-0.3, -0.25) is 9.55 Å². The molecule has 252 valence electrons.